The monoisotopic (exact) mass is 549 g/mol. The van der Waals surface area contributed by atoms with Crippen LogP contribution in [0.1, 0.15) is 51.0 Å². The van der Waals surface area contributed by atoms with Gasteiger partial charge in [-0.3, -0.25) is 0 Å². The van der Waals surface area contributed by atoms with E-state index in [1.54, 1.807) is 0 Å². The van der Waals surface area contributed by atoms with Crippen LogP contribution in [0.3, 0.4) is 0 Å². The molecule has 0 saturated carbocycles. The highest BCUT2D eigenvalue weighted by molar-refractivity contribution is 6.19. The highest BCUT2D eigenvalue weighted by Gasteiger charge is 2.18. The van der Waals surface area contributed by atoms with Crippen molar-refractivity contribution in [2.24, 2.45) is 0 Å². The van der Waals surface area contributed by atoms with Gasteiger partial charge in [0.05, 0.1) is 22.1 Å². The second-order valence-corrected chi connectivity index (χ2v) is 11.7. The number of unbranched alkanes of at least 4 members (excludes halogenated alkanes) is 5. The molecule has 2 aromatic heterocycles. The molecule has 2 heterocycles. The summed E-state index contributed by atoms with van der Waals surface area (Å²) in [6, 6.07) is 40.3. The number of aryl methyl sites for hydroxylation is 1. The molecule has 7 aromatic rings. The fourth-order valence-electron chi connectivity index (χ4n) is 6.55. The Bertz CT molecular complexity index is 1990. The maximum absolute atomic E-state index is 3.64. The topological polar surface area (TPSA) is 21.9 Å². The lowest BCUT2D eigenvalue weighted by Crippen LogP contribution is -2.02. The minimum atomic E-state index is 1.03. The molecule has 0 amide bonds. The molecule has 42 heavy (non-hydrogen) atoms. The van der Waals surface area contributed by atoms with E-state index in [-0.39, 0.29) is 0 Å². The van der Waals surface area contributed by atoms with Crippen molar-refractivity contribution in [3.63, 3.8) is 0 Å². The maximum atomic E-state index is 3.64. The number of para-hydroxylation sites is 2. The van der Waals surface area contributed by atoms with Gasteiger partial charge >= 0.3 is 0 Å². The number of nitrogens with zero attached hydrogens (tertiary/aromatic N) is 2. The van der Waals surface area contributed by atoms with Gasteiger partial charge in [0.2, 0.25) is 0 Å². The zero-order valence-electron chi connectivity index (χ0n) is 24.7. The van der Waals surface area contributed by atoms with Crippen LogP contribution < -0.4 is 5.32 Å². The summed E-state index contributed by atoms with van der Waals surface area (Å²) >= 11 is 0. The van der Waals surface area contributed by atoms with Crippen LogP contribution in [0.4, 0.5) is 5.69 Å². The molecule has 3 heteroatoms. The lowest BCUT2D eigenvalue weighted by atomic mass is 10.1. The number of nitrogens with one attached hydrogen (secondary N) is 1. The van der Waals surface area contributed by atoms with Crippen molar-refractivity contribution in [1.29, 1.82) is 0 Å². The standard InChI is InChI=1S/C39H39N3/c1-3-4-5-6-7-12-25-40-29-19-23-31(24-20-29)42-37-16-11-9-14-33(37)35-26-38-34(27-39(35)42)32-13-8-10-15-36(32)41(38)30-21-17-28(2)18-22-30/h8-11,13-24,26-27,40H,3-7,12,25H2,1-2H3. The van der Waals surface area contributed by atoms with Gasteiger partial charge in [-0.15, -0.1) is 0 Å². The van der Waals surface area contributed by atoms with E-state index in [1.165, 1.54) is 105 Å². The third kappa shape index (κ3) is 4.73. The third-order valence-electron chi connectivity index (χ3n) is 8.74. The first kappa shape index (κ1) is 26.4. The Labute approximate surface area is 248 Å². The van der Waals surface area contributed by atoms with Gasteiger partial charge < -0.3 is 14.5 Å². The number of aromatic nitrogens is 2. The van der Waals surface area contributed by atoms with Crippen LogP contribution in [-0.4, -0.2) is 15.7 Å². The Hall–Kier alpha value is -4.50. The van der Waals surface area contributed by atoms with Crippen LogP contribution >= 0.6 is 0 Å². The summed E-state index contributed by atoms with van der Waals surface area (Å²) in [5.74, 6) is 0. The lowest BCUT2D eigenvalue weighted by molar-refractivity contribution is 0.617. The number of hydrogen-bond acceptors (Lipinski definition) is 1. The zero-order chi connectivity index (χ0) is 28.5. The summed E-state index contributed by atoms with van der Waals surface area (Å²) in [7, 11) is 0. The number of benzene rings is 5. The summed E-state index contributed by atoms with van der Waals surface area (Å²) in [5, 5.41) is 8.75. The van der Waals surface area contributed by atoms with E-state index < -0.39 is 0 Å². The average molecular weight is 550 g/mol. The smallest absolute Gasteiger partial charge is 0.0548 e. The molecule has 7 rings (SSSR count). The van der Waals surface area contributed by atoms with Crippen LogP contribution in [0.25, 0.3) is 55.0 Å². The second kappa shape index (κ2) is 11.4. The van der Waals surface area contributed by atoms with Crippen molar-refractivity contribution in [2.45, 2.75) is 52.4 Å². The Morgan fingerprint density at radius 1 is 0.500 bits per heavy atom. The fraction of sp³-hybridized carbons (Fsp3) is 0.231. The average Bonchev–Trinajstić information content (AvgIpc) is 3.52. The fourth-order valence-corrected chi connectivity index (χ4v) is 6.55. The van der Waals surface area contributed by atoms with E-state index >= 15 is 0 Å². The predicted molar refractivity (Wildman–Crippen MR) is 182 cm³/mol. The Kier molecular flexibility index (Phi) is 7.17. The number of anilines is 1. The molecule has 0 radical (unpaired) electrons. The van der Waals surface area contributed by atoms with Crippen molar-refractivity contribution < 1.29 is 0 Å². The van der Waals surface area contributed by atoms with Crippen LogP contribution in [0.15, 0.2) is 109 Å². The van der Waals surface area contributed by atoms with Gasteiger partial charge in [0.25, 0.3) is 0 Å². The largest absolute Gasteiger partial charge is 0.385 e. The van der Waals surface area contributed by atoms with Crippen molar-refractivity contribution in [3.05, 3.63) is 115 Å². The van der Waals surface area contributed by atoms with Crippen LogP contribution in [0.5, 0.6) is 0 Å². The molecular weight excluding hydrogens is 510 g/mol. The minimum absolute atomic E-state index is 1.03. The summed E-state index contributed by atoms with van der Waals surface area (Å²) in [6.45, 7) is 5.45. The first-order valence-electron chi connectivity index (χ1n) is 15.6. The highest BCUT2D eigenvalue weighted by Crippen LogP contribution is 2.39. The Morgan fingerprint density at radius 3 is 1.57 bits per heavy atom. The second-order valence-electron chi connectivity index (χ2n) is 11.7. The molecule has 0 spiro atoms. The molecule has 1 N–H and O–H groups in total. The molecule has 5 aromatic carbocycles. The SMILES string of the molecule is CCCCCCCCNc1ccc(-n2c3ccccc3c3cc4c(cc32)c2ccccc2n4-c2ccc(C)cc2)cc1. The van der Waals surface area contributed by atoms with Gasteiger partial charge in [-0.2, -0.15) is 0 Å². The molecule has 210 valence electrons. The molecule has 0 aliphatic rings. The first-order chi connectivity index (χ1) is 20.7. The van der Waals surface area contributed by atoms with Crippen molar-refractivity contribution in [3.8, 4) is 11.4 Å². The van der Waals surface area contributed by atoms with Gasteiger partial charge in [-0.05, 0) is 74.0 Å². The minimum Gasteiger partial charge on any atom is -0.385 e. The van der Waals surface area contributed by atoms with E-state index in [2.05, 4.69) is 137 Å². The quantitative estimate of drug-likeness (QED) is 0.168. The summed E-state index contributed by atoms with van der Waals surface area (Å²) < 4.78 is 4.85. The number of hydrogen-bond donors (Lipinski definition) is 1. The van der Waals surface area contributed by atoms with Crippen LogP contribution in [-0.2, 0) is 0 Å². The van der Waals surface area contributed by atoms with Crippen molar-refractivity contribution in [2.75, 3.05) is 11.9 Å². The lowest BCUT2D eigenvalue weighted by Gasteiger charge is -2.11. The third-order valence-corrected chi connectivity index (χ3v) is 8.74. The van der Waals surface area contributed by atoms with Crippen molar-refractivity contribution in [1.82, 2.24) is 9.13 Å². The molecule has 0 unspecified atom stereocenters. The zero-order valence-corrected chi connectivity index (χ0v) is 24.7. The van der Waals surface area contributed by atoms with E-state index in [1.807, 2.05) is 0 Å². The molecule has 3 nitrogen and oxygen atoms in total. The number of fused-ring (bicyclic) bond motifs is 6. The van der Waals surface area contributed by atoms with Gasteiger partial charge in [0.15, 0.2) is 0 Å². The Balaban J connectivity index is 1.31. The predicted octanol–water partition coefficient (Wildman–Crippen LogP) is 11.0. The summed E-state index contributed by atoms with van der Waals surface area (Å²) in [5.41, 5.74) is 9.80. The molecule has 0 aliphatic carbocycles. The highest BCUT2D eigenvalue weighted by atomic mass is 15.0. The summed E-state index contributed by atoms with van der Waals surface area (Å²) in [6.07, 6.45) is 7.91. The maximum Gasteiger partial charge on any atom is 0.0548 e. The molecule has 0 bridgehead atoms. The van der Waals surface area contributed by atoms with E-state index in [0.717, 1.165) is 6.54 Å². The van der Waals surface area contributed by atoms with Gasteiger partial charge in [0.1, 0.15) is 0 Å². The molecule has 0 aliphatic heterocycles. The molecule has 0 fully saturated rings. The normalized spacial score (nSPS) is 11.8. The first-order valence-corrected chi connectivity index (χ1v) is 15.6. The van der Waals surface area contributed by atoms with E-state index in [9.17, 15) is 0 Å². The van der Waals surface area contributed by atoms with E-state index in [0.29, 0.717) is 0 Å². The van der Waals surface area contributed by atoms with Gasteiger partial charge in [0, 0.05) is 45.2 Å². The number of rotatable bonds is 10. The molecular formula is C39H39N3. The summed E-state index contributed by atoms with van der Waals surface area (Å²) in [4.78, 5) is 0. The van der Waals surface area contributed by atoms with Crippen molar-refractivity contribution >= 4 is 49.3 Å². The Morgan fingerprint density at radius 2 is 1.00 bits per heavy atom. The molecule has 0 saturated heterocycles. The van der Waals surface area contributed by atoms with Crippen LogP contribution in [0, 0.1) is 6.92 Å². The van der Waals surface area contributed by atoms with E-state index in [4.69, 9.17) is 0 Å². The van der Waals surface area contributed by atoms with Gasteiger partial charge in [-0.25, -0.2) is 0 Å². The van der Waals surface area contributed by atoms with Crippen LogP contribution in [0.2, 0.25) is 0 Å². The molecule has 0 atom stereocenters. The van der Waals surface area contributed by atoms with Gasteiger partial charge in [-0.1, -0.05) is 93.1 Å².